The van der Waals surface area contributed by atoms with Crippen molar-refractivity contribution < 1.29 is 0 Å². The monoisotopic (exact) mass is 441 g/mol. The van der Waals surface area contributed by atoms with E-state index in [1.807, 2.05) is 11.8 Å². The third-order valence-electron chi connectivity index (χ3n) is 5.43. The van der Waals surface area contributed by atoms with Crippen LogP contribution in [0.15, 0.2) is 35.2 Å². The second-order valence-electron chi connectivity index (χ2n) is 7.55. The molecule has 0 amide bonds. The Bertz CT molecular complexity index is 760. The van der Waals surface area contributed by atoms with Gasteiger partial charge in [-0.1, -0.05) is 17.7 Å². The standard InChI is InChI=1S/C20H27N5S.2ClH/c1-13-2-4-16(5-3-13)26-17-6-8-25(9-7-17)19-12-18(23-20(22)24-19)14-10-15(21)11-14;;/h2-5,12,14-15,17H,6-11,21H2,1H3,(H2,22,23,24);2*1H. The number of piperidine rings is 1. The zero-order valence-corrected chi connectivity index (χ0v) is 18.5. The van der Waals surface area contributed by atoms with Crippen LogP contribution < -0.4 is 16.4 Å². The summed E-state index contributed by atoms with van der Waals surface area (Å²) in [6.07, 6.45) is 4.33. The molecule has 1 saturated heterocycles. The maximum Gasteiger partial charge on any atom is 0.222 e. The lowest BCUT2D eigenvalue weighted by atomic mass is 9.78. The Balaban J connectivity index is 0.00000140. The van der Waals surface area contributed by atoms with Crippen molar-refractivity contribution in [1.29, 1.82) is 0 Å². The van der Waals surface area contributed by atoms with E-state index in [2.05, 4.69) is 52.1 Å². The van der Waals surface area contributed by atoms with Gasteiger partial charge in [-0.3, -0.25) is 0 Å². The van der Waals surface area contributed by atoms with E-state index in [0.29, 0.717) is 23.2 Å². The lowest BCUT2D eigenvalue weighted by molar-refractivity contribution is 0.345. The van der Waals surface area contributed by atoms with Gasteiger partial charge in [0.1, 0.15) is 5.82 Å². The average molecular weight is 442 g/mol. The minimum absolute atomic E-state index is 0. The highest BCUT2D eigenvalue weighted by atomic mass is 35.5. The van der Waals surface area contributed by atoms with Gasteiger partial charge in [0.05, 0.1) is 5.69 Å². The van der Waals surface area contributed by atoms with E-state index in [1.54, 1.807) is 0 Å². The van der Waals surface area contributed by atoms with Crippen LogP contribution in [0, 0.1) is 6.92 Å². The van der Waals surface area contributed by atoms with E-state index in [0.717, 1.165) is 50.3 Å². The van der Waals surface area contributed by atoms with Gasteiger partial charge in [0.2, 0.25) is 5.95 Å². The highest BCUT2D eigenvalue weighted by molar-refractivity contribution is 8.00. The van der Waals surface area contributed by atoms with Crippen molar-refractivity contribution in [3.8, 4) is 0 Å². The van der Waals surface area contributed by atoms with Crippen LogP contribution >= 0.6 is 36.6 Å². The van der Waals surface area contributed by atoms with Crippen LogP contribution in [-0.4, -0.2) is 34.3 Å². The van der Waals surface area contributed by atoms with E-state index in [1.165, 1.54) is 10.5 Å². The first-order valence-electron chi connectivity index (χ1n) is 9.45. The first-order chi connectivity index (χ1) is 12.6. The van der Waals surface area contributed by atoms with Crippen molar-refractivity contribution >= 4 is 48.3 Å². The number of hydrogen-bond donors (Lipinski definition) is 2. The van der Waals surface area contributed by atoms with Gasteiger partial charge >= 0.3 is 0 Å². The molecule has 154 valence electrons. The minimum atomic E-state index is 0. The lowest BCUT2D eigenvalue weighted by Crippen LogP contribution is -2.37. The van der Waals surface area contributed by atoms with Gasteiger partial charge in [-0.2, -0.15) is 4.98 Å². The second kappa shape index (κ2) is 10.0. The molecule has 8 heteroatoms. The fraction of sp³-hybridized carbons (Fsp3) is 0.500. The van der Waals surface area contributed by atoms with Crippen LogP contribution in [0.4, 0.5) is 11.8 Å². The number of benzene rings is 1. The van der Waals surface area contributed by atoms with Gasteiger partial charge < -0.3 is 16.4 Å². The van der Waals surface area contributed by atoms with E-state index in [-0.39, 0.29) is 24.8 Å². The summed E-state index contributed by atoms with van der Waals surface area (Å²) in [5, 5.41) is 0.664. The lowest BCUT2D eigenvalue weighted by Gasteiger charge is -2.35. The Morgan fingerprint density at radius 2 is 1.68 bits per heavy atom. The Morgan fingerprint density at radius 3 is 2.29 bits per heavy atom. The molecule has 4 N–H and O–H groups in total. The summed E-state index contributed by atoms with van der Waals surface area (Å²) < 4.78 is 0. The number of rotatable bonds is 4. The minimum Gasteiger partial charge on any atom is -0.368 e. The zero-order chi connectivity index (χ0) is 18.1. The number of aromatic nitrogens is 2. The number of nitrogens with two attached hydrogens (primary N) is 2. The van der Waals surface area contributed by atoms with E-state index in [4.69, 9.17) is 11.5 Å². The van der Waals surface area contributed by atoms with Gasteiger partial charge in [0, 0.05) is 41.3 Å². The molecule has 2 aromatic rings. The number of anilines is 2. The average Bonchev–Trinajstić information content (AvgIpc) is 2.61. The van der Waals surface area contributed by atoms with Gasteiger partial charge in [-0.25, -0.2) is 4.98 Å². The van der Waals surface area contributed by atoms with Gasteiger partial charge in [0.25, 0.3) is 0 Å². The van der Waals surface area contributed by atoms with E-state index in [9.17, 15) is 0 Å². The SMILES string of the molecule is Cc1ccc(SC2CCN(c3cc(C4CC(N)C4)nc(N)n3)CC2)cc1.Cl.Cl. The molecule has 0 spiro atoms. The second-order valence-corrected chi connectivity index (χ2v) is 8.93. The van der Waals surface area contributed by atoms with Crippen molar-refractivity contribution in [1.82, 2.24) is 9.97 Å². The summed E-state index contributed by atoms with van der Waals surface area (Å²) in [6, 6.07) is 11.3. The molecule has 28 heavy (non-hydrogen) atoms. The highest BCUT2D eigenvalue weighted by Crippen LogP contribution is 2.37. The number of halogens is 2. The fourth-order valence-electron chi connectivity index (χ4n) is 3.76. The maximum absolute atomic E-state index is 5.97. The Labute approximate surface area is 183 Å². The van der Waals surface area contributed by atoms with Gasteiger partial charge in [-0.05, 0) is 44.7 Å². The van der Waals surface area contributed by atoms with E-state index >= 15 is 0 Å². The topological polar surface area (TPSA) is 81.1 Å². The number of nitrogen functional groups attached to an aromatic ring is 1. The quantitative estimate of drug-likeness (QED) is 0.740. The highest BCUT2D eigenvalue weighted by Gasteiger charge is 2.30. The summed E-state index contributed by atoms with van der Waals surface area (Å²) in [7, 11) is 0. The summed E-state index contributed by atoms with van der Waals surface area (Å²) in [5.74, 6) is 1.81. The smallest absolute Gasteiger partial charge is 0.222 e. The summed E-state index contributed by atoms with van der Waals surface area (Å²) in [6.45, 7) is 4.17. The molecule has 5 nitrogen and oxygen atoms in total. The maximum atomic E-state index is 5.97. The Hall–Kier alpha value is -1.21. The molecule has 2 heterocycles. The number of thioether (sulfide) groups is 1. The molecule has 1 aliphatic carbocycles. The molecular weight excluding hydrogens is 413 g/mol. The third-order valence-corrected chi connectivity index (χ3v) is 6.78. The molecule has 0 bridgehead atoms. The van der Waals surface area contributed by atoms with Gasteiger partial charge in [0.15, 0.2) is 0 Å². The van der Waals surface area contributed by atoms with Crippen LogP contribution in [-0.2, 0) is 0 Å². The summed E-state index contributed by atoms with van der Waals surface area (Å²) >= 11 is 2.00. The largest absolute Gasteiger partial charge is 0.368 e. The zero-order valence-electron chi connectivity index (χ0n) is 16.1. The van der Waals surface area contributed by atoms with Crippen molar-refractivity contribution in [2.75, 3.05) is 23.7 Å². The normalized spacial score (nSPS) is 22.0. The van der Waals surface area contributed by atoms with Crippen molar-refractivity contribution in [3.63, 3.8) is 0 Å². The molecule has 4 rings (SSSR count). The van der Waals surface area contributed by atoms with Crippen LogP contribution in [0.2, 0.25) is 0 Å². The van der Waals surface area contributed by atoms with Crippen LogP contribution in [0.1, 0.15) is 42.9 Å². The first-order valence-corrected chi connectivity index (χ1v) is 10.3. The van der Waals surface area contributed by atoms with Gasteiger partial charge in [-0.15, -0.1) is 36.6 Å². The summed E-state index contributed by atoms with van der Waals surface area (Å²) in [4.78, 5) is 12.7. The number of aryl methyl sites for hydroxylation is 1. The van der Waals surface area contributed by atoms with Crippen molar-refractivity contribution in [2.24, 2.45) is 5.73 Å². The predicted octanol–water partition coefficient (Wildman–Crippen LogP) is 4.18. The Kier molecular flexibility index (Phi) is 8.25. The predicted molar refractivity (Wildman–Crippen MR) is 123 cm³/mol. The molecule has 0 unspecified atom stereocenters. The Morgan fingerprint density at radius 1 is 1.04 bits per heavy atom. The molecule has 1 aromatic carbocycles. The molecule has 2 fully saturated rings. The molecule has 1 aliphatic heterocycles. The fourth-order valence-corrected chi connectivity index (χ4v) is 4.88. The van der Waals surface area contributed by atoms with Crippen LogP contribution in [0.25, 0.3) is 0 Å². The number of hydrogen-bond acceptors (Lipinski definition) is 6. The first kappa shape index (κ1) is 23.1. The van der Waals surface area contributed by atoms with Crippen LogP contribution in [0.3, 0.4) is 0 Å². The van der Waals surface area contributed by atoms with E-state index < -0.39 is 0 Å². The third kappa shape index (κ3) is 5.44. The molecule has 1 saturated carbocycles. The molecule has 1 aromatic heterocycles. The molecule has 0 atom stereocenters. The summed E-state index contributed by atoms with van der Waals surface area (Å²) in [5.41, 5.74) is 14.3. The van der Waals surface area contributed by atoms with Crippen molar-refractivity contribution in [2.45, 2.75) is 54.7 Å². The number of nitrogens with zero attached hydrogens (tertiary/aromatic N) is 3. The van der Waals surface area contributed by atoms with Crippen molar-refractivity contribution in [3.05, 3.63) is 41.6 Å². The molecular formula is C20H29Cl2N5S. The molecule has 2 aliphatic rings. The van der Waals surface area contributed by atoms with Crippen LogP contribution in [0.5, 0.6) is 0 Å². The molecule has 0 radical (unpaired) electrons.